The average Bonchev–Trinajstić information content (AvgIpc) is 2.46. The zero-order chi connectivity index (χ0) is 18.1. The number of hydrogen-bond acceptors (Lipinski definition) is 3. The van der Waals surface area contributed by atoms with E-state index in [1.807, 2.05) is 51.1 Å². The quantitative estimate of drug-likeness (QED) is 0.689. The molecule has 0 saturated carbocycles. The number of aromatic hydroxyl groups is 1. The van der Waals surface area contributed by atoms with Gasteiger partial charge in [-0.3, -0.25) is 0 Å². The maximum atomic E-state index is 11.6. The molecule has 0 spiro atoms. The number of thioether (sulfide) groups is 1. The molecule has 0 radical (unpaired) electrons. The fourth-order valence-electron chi connectivity index (χ4n) is 2.47. The van der Waals surface area contributed by atoms with Crippen molar-refractivity contribution in [1.29, 1.82) is 0 Å². The molecule has 0 amide bonds. The van der Waals surface area contributed by atoms with E-state index in [4.69, 9.17) is 11.6 Å². The van der Waals surface area contributed by atoms with E-state index in [0.717, 1.165) is 10.5 Å². The Bertz CT molecular complexity index is 762. The summed E-state index contributed by atoms with van der Waals surface area (Å²) >= 11 is 7.46. The predicted molar refractivity (Wildman–Crippen MR) is 99.5 cm³/mol. The zero-order valence-electron chi connectivity index (χ0n) is 14.2. The third-order valence-corrected chi connectivity index (χ3v) is 5.31. The van der Waals surface area contributed by atoms with Crippen molar-refractivity contribution >= 4 is 29.3 Å². The van der Waals surface area contributed by atoms with Gasteiger partial charge >= 0.3 is 5.97 Å². The number of benzene rings is 2. The normalized spacial score (nSPS) is 11.5. The molecule has 2 aromatic carbocycles. The summed E-state index contributed by atoms with van der Waals surface area (Å²) in [4.78, 5) is 12.5. The maximum absolute atomic E-state index is 11.6. The number of hydrogen-bond donors (Lipinski definition) is 2. The molecule has 0 saturated heterocycles. The largest absolute Gasteiger partial charge is 0.507 e. The monoisotopic (exact) mass is 364 g/mol. The van der Waals surface area contributed by atoms with Crippen LogP contribution in [-0.4, -0.2) is 16.2 Å². The van der Waals surface area contributed by atoms with E-state index in [0.29, 0.717) is 21.9 Å². The van der Waals surface area contributed by atoms with Crippen molar-refractivity contribution in [2.75, 3.05) is 0 Å². The molecule has 0 atom stereocenters. The van der Waals surface area contributed by atoms with Gasteiger partial charge in [-0.05, 0) is 41.7 Å². The van der Waals surface area contributed by atoms with Gasteiger partial charge in [0, 0.05) is 21.2 Å². The highest BCUT2D eigenvalue weighted by molar-refractivity contribution is 7.98. The number of halogens is 1. The van der Waals surface area contributed by atoms with Crippen molar-refractivity contribution in [3.05, 3.63) is 57.6 Å². The lowest BCUT2D eigenvalue weighted by atomic mass is 9.84. The van der Waals surface area contributed by atoms with Crippen LogP contribution in [0.2, 0.25) is 5.02 Å². The standard InChI is InChI=1S/C19H21ClO3S/c1-11-15(24-10-12-5-7-13(20)8-6-12)9-14(19(2,3)4)17(21)16(11)18(22)23/h5-9,21H,10H2,1-4H3,(H,22,23). The molecule has 2 rings (SSSR count). The SMILES string of the molecule is Cc1c(SCc2ccc(Cl)cc2)cc(C(C)(C)C)c(O)c1C(=O)O. The molecule has 5 heteroatoms. The first-order valence-electron chi connectivity index (χ1n) is 7.59. The topological polar surface area (TPSA) is 57.5 Å². The summed E-state index contributed by atoms with van der Waals surface area (Å²) in [6.45, 7) is 7.60. The lowest BCUT2D eigenvalue weighted by Gasteiger charge is -2.24. The van der Waals surface area contributed by atoms with Crippen molar-refractivity contribution in [2.45, 2.75) is 43.8 Å². The van der Waals surface area contributed by atoms with Gasteiger partial charge in [-0.1, -0.05) is 44.5 Å². The van der Waals surface area contributed by atoms with Crippen LogP contribution >= 0.6 is 23.4 Å². The van der Waals surface area contributed by atoms with Crippen LogP contribution in [0.5, 0.6) is 5.75 Å². The lowest BCUT2D eigenvalue weighted by Crippen LogP contribution is -2.14. The van der Waals surface area contributed by atoms with E-state index in [2.05, 4.69) is 0 Å². The molecular formula is C19H21ClO3S. The second kappa shape index (κ2) is 7.08. The summed E-state index contributed by atoms with van der Waals surface area (Å²) < 4.78 is 0. The van der Waals surface area contributed by atoms with Gasteiger partial charge in [-0.2, -0.15) is 0 Å². The van der Waals surface area contributed by atoms with Crippen LogP contribution in [0, 0.1) is 6.92 Å². The lowest BCUT2D eigenvalue weighted by molar-refractivity contribution is 0.0692. The van der Waals surface area contributed by atoms with Crippen LogP contribution < -0.4 is 0 Å². The molecule has 2 N–H and O–H groups in total. The Labute approximate surface area is 151 Å². The first-order valence-corrected chi connectivity index (χ1v) is 8.95. The van der Waals surface area contributed by atoms with Crippen LogP contribution in [0.15, 0.2) is 35.2 Å². The minimum absolute atomic E-state index is 0.0129. The predicted octanol–water partition coefficient (Wildman–Crippen LogP) is 5.64. The Morgan fingerprint density at radius 1 is 1.21 bits per heavy atom. The van der Waals surface area contributed by atoms with Gasteiger partial charge in [0.2, 0.25) is 0 Å². The Kier molecular flexibility index (Phi) is 5.51. The molecule has 3 nitrogen and oxygen atoms in total. The molecule has 0 heterocycles. The molecule has 0 fully saturated rings. The smallest absolute Gasteiger partial charge is 0.339 e. The van der Waals surface area contributed by atoms with Gasteiger partial charge in [0.05, 0.1) is 0 Å². The van der Waals surface area contributed by atoms with Crippen LogP contribution in [0.25, 0.3) is 0 Å². The maximum Gasteiger partial charge on any atom is 0.339 e. The van der Waals surface area contributed by atoms with Crippen molar-refractivity contribution < 1.29 is 15.0 Å². The first kappa shape index (κ1) is 18.7. The first-order chi connectivity index (χ1) is 11.1. The average molecular weight is 365 g/mol. The highest BCUT2D eigenvalue weighted by Gasteiger charge is 2.26. The third kappa shape index (κ3) is 4.05. The van der Waals surface area contributed by atoms with Crippen LogP contribution in [0.1, 0.15) is 47.8 Å². The second-order valence-corrected chi connectivity index (χ2v) is 8.19. The fraction of sp³-hybridized carbons (Fsp3) is 0.316. The summed E-state index contributed by atoms with van der Waals surface area (Å²) in [5.41, 5.74) is 1.97. The van der Waals surface area contributed by atoms with E-state index in [1.165, 1.54) is 0 Å². The summed E-state index contributed by atoms with van der Waals surface area (Å²) in [5.74, 6) is -0.543. The highest BCUT2D eigenvalue weighted by atomic mass is 35.5. The number of carbonyl (C=O) groups is 1. The molecule has 0 aliphatic rings. The van der Waals surface area contributed by atoms with Gasteiger partial charge in [0.15, 0.2) is 0 Å². The molecule has 0 bridgehead atoms. The Hall–Kier alpha value is -1.65. The van der Waals surface area contributed by atoms with Gasteiger partial charge in [-0.25, -0.2) is 4.79 Å². The van der Waals surface area contributed by atoms with Gasteiger partial charge in [0.1, 0.15) is 11.3 Å². The van der Waals surface area contributed by atoms with Gasteiger partial charge in [-0.15, -0.1) is 11.8 Å². The van der Waals surface area contributed by atoms with Crippen molar-refractivity contribution in [3.8, 4) is 5.75 Å². The van der Waals surface area contributed by atoms with Crippen LogP contribution in [0.4, 0.5) is 0 Å². The van der Waals surface area contributed by atoms with E-state index >= 15 is 0 Å². The second-order valence-electron chi connectivity index (χ2n) is 6.74. The summed E-state index contributed by atoms with van der Waals surface area (Å²) in [6.07, 6.45) is 0. The van der Waals surface area contributed by atoms with Crippen molar-refractivity contribution in [3.63, 3.8) is 0 Å². The Morgan fingerprint density at radius 3 is 2.29 bits per heavy atom. The number of carboxylic acids is 1. The summed E-state index contributed by atoms with van der Waals surface area (Å²) in [7, 11) is 0. The molecule has 0 aromatic heterocycles. The minimum Gasteiger partial charge on any atom is -0.507 e. The van der Waals surface area contributed by atoms with Crippen LogP contribution in [0.3, 0.4) is 0 Å². The van der Waals surface area contributed by atoms with Gasteiger partial charge < -0.3 is 10.2 Å². The molecule has 2 aromatic rings. The molecule has 0 unspecified atom stereocenters. The van der Waals surface area contributed by atoms with Crippen molar-refractivity contribution in [2.24, 2.45) is 0 Å². The third-order valence-electron chi connectivity index (χ3n) is 3.84. The zero-order valence-corrected chi connectivity index (χ0v) is 15.8. The van der Waals surface area contributed by atoms with E-state index in [1.54, 1.807) is 18.7 Å². The van der Waals surface area contributed by atoms with E-state index in [9.17, 15) is 15.0 Å². The molecule has 24 heavy (non-hydrogen) atoms. The van der Waals surface area contributed by atoms with Crippen LogP contribution in [-0.2, 0) is 11.2 Å². The number of carboxylic acid groups (broad SMARTS) is 1. The summed E-state index contributed by atoms with van der Waals surface area (Å²) in [6, 6.07) is 9.48. The number of aromatic carboxylic acids is 1. The highest BCUT2D eigenvalue weighted by Crippen LogP contribution is 2.40. The fourth-order valence-corrected chi connectivity index (χ4v) is 3.63. The van der Waals surface area contributed by atoms with E-state index in [-0.39, 0.29) is 16.7 Å². The number of rotatable bonds is 4. The Balaban J connectivity index is 2.43. The molecule has 128 valence electrons. The minimum atomic E-state index is -1.11. The Morgan fingerprint density at radius 2 is 1.79 bits per heavy atom. The molecule has 0 aliphatic heterocycles. The van der Waals surface area contributed by atoms with Crippen molar-refractivity contribution in [1.82, 2.24) is 0 Å². The number of phenols is 1. The molecular weight excluding hydrogens is 344 g/mol. The summed E-state index contributed by atoms with van der Waals surface area (Å²) in [5, 5.41) is 20.6. The molecule has 0 aliphatic carbocycles. The van der Waals surface area contributed by atoms with Gasteiger partial charge in [0.25, 0.3) is 0 Å². The van der Waals surface area contributed by atoms with E-state index < -0.39 is 5.97 Å².